The first kappa shape index (κ1) is 12.7. The molecule has 0 heterocycles. The number of aryl methyl sites for hydroxylation is 1. The van der Waals surface area contributed by atoms with E-state index < -0.39 is 0 Å². The van der Waals surface area contributed by atoms with Gasteiger partial charge in [0.2, 0.25) is 0 Å². The van der Waals surface area contributed by atoms with E-state index in [9.17, 15) is 4.79 Å². The molecule has 0 atom stereocenters. The van der Waals surface area contributed by atoms with Crippen LogP contribution in [0.5, 0.6) is 0 Å². The number of benzene rings is 1. The van der Waals surface area contributed by atoms with Crippen molar-refractivity contribution in [1.82, 2.24) is 0 Å². The van der Waals surface area contributed by atoms with Gasteiger partial charge in [0.25, 0.3) is 0 Å². The zero-order valence-electron chi connectivity index (χ0n) is 8.55. The Balaban J connectivity index is 2.68. The Labute approximate surface area is 107 Å². The van der Waals surface area contributed by atoms with Crippen LogP contribution in [-0.4, -0.2) is 22.8 Å². The molecule has 2 nitrogen and oxygen atoms in total. The lowest BCUT2D eigenvalue weighted by molar-refractivity contribution is 0.0504. The highest BCUT2D eigenvalue weighted by atomic mass is 127. The third kappa shape index (κ3) is 3.94. The number of halogens is 1. The Kier molecular flexibility index (Phi) is 5.31. The highest BCUT2D eigenvalue weighted by Gasteiger charge is 2.10. The van der Waals surface area contributed by atoms with Crippen molar-refractivity contribution in [3.05, 3.63) is 32.9 Å². The molecule has 0 amide bonds. The topological polar surface area (TPSA) is 26.3 Å². The van der Waals surface area contributed by atoms with Crippen molar-refractivity contribution < 1.29 is 9.53 Å². The molecule has 1 rings (SSSR count). The van der Waals surface area contributed by atoms with Crippen molar-refractivity contribution in [3.63, 3.8) is 0 Å². The normalized spacial score (nSPS) is 10.1. The van der Waals surface area contributed by atoms with Gasteiger partial charge in [0.05, 0.1) is 12.2 Å². The minimum Gasteiger partial charge on any atom is -0.462 e. The van der Waals surface area contributed by atoms with Crippen molar-refractivity contribution in [2.75, 3.05) is 6.61 Å². The van der Waals surface area contributed by atoms with E-state index in [0.717, 1.165) is 21.6 Å². The van der Waals surface area contributed by atoms with Gasteiger partial charge in [-0.15, -0.1) is 0 Å². The molecule has 0 aliphatic carbocycles. The van der Waals surface area contributed by atoms with Gasteiger partial charge in [-0.2, -0.15) is 0 Å². The minimum absolute atomic E-state index is 0.230. The number of carbonyl (C=O) groups is 1. The summed E-state index contributed by atoms with van der Waals surface area (Å²) in [5.41, 5.74) is 1.62. The van der Waals surface area contributed by atoms with Crippen molar-refractivity contribution >= 4 is 38.8 Å². The van der Waals surface area contributed by atoms with E-state index in [1.54, 1.807) is 0 Å². The molecule has 0 unspecified atom stereocenters. The SMILES string of the molecule is Cc1ccc(I)cc1C(=O)OCCC[Si]. The van der Waals surface area contributed by atoms with E-state index in [1.165, 1.54) is 0 Å². The van der Waals surface area contributed by atoms with E-state index in [4.69, 9.17) is 4.74 Å². The van der Waals surface area contributed by atoms with E-state index in [-0.39, 0.29) is 5.97 Å². The summed E-state index contributed by atoms with van der Waals surface area (Å²) in [6, 6.07) is 6.61. The molecule has 0 spiro atoms. The van der Waals surface area contributed by atoms with Gasteiger partial charge in [-0.05, 0) is 53.6 Å². The number of rotatable bonds is 4. The summed E-state index contributed by atoms with van der Waals surface area (Å²) < 4.78 is 6.18. The second-order valence-corrected chi connectivity index (χ2v) is 4.94. The predicted molar refractivity (Wildman–Crippen MR) is 69.4 cm³/mol. The average molecular weight is 331 g/mol. The number of esters is 1. The second kappa shape index (κ2) is 6.27. The molecule has 0 N–H and O–H groups in total. The van der Waals surface area contributed by atoms with Gasteiger partial charge >= 0.3 is 5.97 Å². The Morgan fingerprint density at radius 3 is 2.93 bits per heavy atom. The molecule has 0 fully saturated rings. The van der Waals surface area contributed by atoms with Crippen molar-refractivity contribution in [2.24, 2.45) is 0 Å². The van der Waals surface area contributed by atoms with Crippen molar-refractivity contribution in [3.8, 4) is 0 Å². The molecule has 0 aliphatic rings. The van der Waals surface area contributed by atoms with Gasteiger partial charge in [0.1, 0.15) is 0 Å². The molecule has 0 saturated carbocycles. The highest BCUT2D eigenvalue weighted by Crippen LogP contribution is 2.14. The first-order valence-corrected chi connectivity index (χ1v) is 6.51. The Morgan fingerprint density at radius 1 is 1.53 bits per heavy atom. The average Bonchev–Trinajstić information content (AvgIpc) is 2.22. The van der Waals surface area contributed by atoms with Crippen molar-refractivity contribution in [2.45, 2.75) is 19.4 Å². The standard InChI is InChI=1S/C11H12IO2Si/c1-8-3-4-9(12)7-10(8)11(13)14-5-2-6-15/h3-4,7H,2,5-6H2,1H3. The summed E-state index contributed by atoms with van der Waals surface area (Å²) in [4.78, 5) is 11.7. The third-order valence-electron chi connectivity index (χ3n) is 1.97. The van der Waals surface area contributed by atoms with Gasteiger partial charge in [-0.25, -0.2) is 4.79 Å². The molecule has 15 heavy (non-hydrogen) atoms. The van der Waals surface area contributed by atoms with Crippen LogP contribution < -0.4 is 0 Å². The maximum Gasteiger partial charge on any atom is 0.338 e. The van der Waals surface area contributed by atoms with Crippen LogP contribution in [0.2, 0.25) is 6.04 Å². The Hall–Kier alpha value is -0.363. The van der Waals surface area contributed by atoms with Crippen LogP contribution in [0, 0.1) is 10.5 Å². The largest absolute Gasteiger partial charge is 0.462 e. The predicted octanol–water partition coefficient (Wildman–Crippen LogP) is 2.73. The second-order valence-electron chi connectivity index (χ2n) is 3.20. The zero-order valence-corrected chi connectivity index (χ0v) is 11.7. The maximum atomic E-state index is 11.7. The fourth-order valence-electron chi connectivity index (χ4n) is 1.13. The fraction of sp³-hybridized carbons (Fsp3) is 0.364. The number of hydrogen-bond donors (Lipinski definition) is 0. The van der Waals surface area contributed by atoms with E-state index >= 15 is 0 Å². The van der Waals surface area contributed by atoms with E-state index in [0.29, 0.717) is 12.2 Å². The van der Waals surface area contributed by atoms with Gasteiger partial charge in [0.15, 0.2) is 0 Å². The van der Waals surface area contributed by atoms with Crippen LogP contribution in [0.15, 0.2) is 18.2 Å². The number of hydrogen-bond acceptors (Lipinski definition) is 2. The molecule has 79 valence electrons. The first-order valence-electron chi connectivity index (χ1n) is 4.73. The van der Waals surface area contributed by atoms with Crippen LogP contribution in [0.25, 0.3) is 0 Å². The van der Waals surface area contributed by atoms with Gasteiger partial charge in [-0.3, -0.25) is 0 Å². The monoisotopic (exact) mass is 331 g/mol. The Bertz CT molecular complexity index is 352. The number of ether oxygens (including phenoxy) is 1. The molecular formula is C11H12IO2Si. The quantitative estimate of drug-likeness (QED) is 0.367. The van der Waals surface area contributed by atoms with Gasteiger partial charge in [0, 0.05) is 13.8 Å². The van der Waals surface area contributed by atoms with Crippen LogP contribution in [0.4, 0.5) is 0 Å². The van der Waals surface area contributed by atoms with E-state index in [1.807, 2.05) is 25.1 Å². The van der Waals surface area contributed by atoms with Gasteiger partial charge in [-0.1, -0.05) is 12.1 Å². The summed E-state index contributed by atoms with van der Waals surface area (Å²) in [5, 5.41) is 0. The van der Waals surface area contributed by atoms with E-state index in [2.05, 4.69) is 32.8 Å². The van der Waals surface area contributed by atoms with Gasteiger partial charge < -0.3 is 4.74 Å². The molecule has 3 radical (unpaired) electrons. The third-order valence-corrected chi connectivity index (χ3v) is 3.00. The molecule has 1 aromatic carbocycles. The molecule has 0 saturated heterocycles. The smallest absolute Gasteiger partial charge is 0.338 e. The molecular weight excluding hydrogens is 319 g/mol. The fourth-order valence-corrected chi connectivity index (χ4v) is 1.76. The summed E-state index contributed by atoms with van der Waals surface area (Å²) in [7, 11) is 3.33. The maximum absolute atomic E-state index is 11.7. The molecule has 0 aromatic heterocycles. The minimum atomic E-state index is -0.230. The molecule has 0 aliphatic heterocycles. The molecule has 1 aromatic rings. The van der Waals surface area contributed by atoms with Crippen LogP contribution in [-0.2, 0) is 4.74 Å². The lowest BCUT2D eigenvalue weighted by Crippen LogP contribution is -2.08. The van der Waals surface area contributed by atoms with Crippen LogP contribution in [0.3, 0.4) is 0 Å². The summed E-state index contributed by atoms with van der Waals surface area (Å²) in [5.74, 6) is -0.230. The molecule has 0 bridgehead atoms. The lowest BCUT2D eigenvalue weighted by Gasteiger charge is -2.06. The zero-order chi connectivity index (χ0) is 11.3. The van der Waals surface area contributed by atoms with Crippen LogP contribution >= 0.6 is 22.6 Å². The molecule has 4 heteroatoms. The highest BCUT2D eigenvalue weighted by molar-refractivity contribution is 14.1. The summed E-state index contributed by atoms with van der Waals surface area (Å²) in [6.45, 7) is 2.38. The van der Waals surface area contributed by atoms with Crippen molar-refractivity contribution in [1.29, 1.82) is 0 Å². The lowest BCUT2D eigenvalue weighted by atomic mass is 10.1. The first-order chi connectivity index (χ1) is 7.15. The number of carbonyl (C=O) groups excluding carboxylic acids is 1. The van der Waals surface area contributed by atoms with Crippen LogP contribution in [0.1, 0.15) is 22.3 Å². The summed E-state index contributed by atoms with van der Waals surface area (Å²) in [6.07, 6.45) is 0.839. The Morgan fingerprint density at radius 2 is 2.27 bits per heavy atom. The summed E-state index contributed by atoms with van der Waals surface area (Å²) >= 11 is 2.18.